The number of hydrogen-bond donors (Lipinski definition) is 2. The molecule has 2 saturated heterocycles. The van der Waals surface area contributed by atoms with Crippen LogP contribution in [-0.4, -0.2) is 77.2 Å². The summed E-state index contributed by atoms with van der Waals surface area (Å²) in [6.07, 6.45) is 5.99. The van der Waals surface area contributed by atoms with Gasteiger partial charge in [-0.15, -0.1) is 0 Å². The largest absolute Gasteiger partial charge is 0.381 e. The Balaban J connectivity index is 1.36. The van der Waals surface area contributed by atoms with Crippen LogP contribution in [0.1, 0.15) is 49.5 Å². The number of nitrogens with one attached hydrogen (secondary N) is 2. The van der Waals surface area contributed by atoms with E-state index in [1.807, 2.05) is 17.2 Å². The molecule has 0 unspecified atom stereocenters. The van der Waals surface area contributed by atoms with Crippen molar-refractivity contribution in [3.63, 3.8) is 0 Å². The molecule has 0 radical (unpaired) electrons. The molecule has 0 aromatic carbocycles. The maximum Gasteiger partial charge on any atom is 0.253 e. The fourth-order valence-electron chi connectivity index (χ4n) is 4.96. The highest BCUT2D eigenvalue weighted by Crippen LogP contribution is 2.28. The van der Waals surface area contributed by atoms with Crippen LogP contribution >= 0.6 is 0 Å². The Morgan fingerprint density at radius 1 is 1.22 bits per heavy atom. The molecular weight excluding hydrogens is 477 g/mol. The second-order valence-corrected chi connectivity index (χ2v) is 9.88. The van der Waals surface area contributed by atoms with Crippen molar-refractivity contribution >= 4 is 34.4 Å². The third-order valence-corrected chi connectivity index (χ3v) is 7.04. The molecule has 2 aliphatic heterocycles. The molecule has 2 fully saturated rings. The van der Waals surface area contributed by atoms with Gasteiger partial charge < -0.3 is 29.6 Å². The molecular formula is C26H34FN7O3. The summed E-state index contributed by atoms with van der Waals surface area (Å²) in [6, 6.07) is 3.94. The zero-order chi connectivity index (χ0) is 25.9. The summed E-state index contributed by atoms with van der Waals surface area (Å²) in [5.41, 5.74) is 1.51. The van der Waals surface area contributed by atoms with Crippen molar-refractivity contribution in [3.05, 3.63) is 36.3 Å². The molecule has 37 heavy (non-hydrogen) atoms. The first-order valence-electron chi connectivity index (χ1n) is 12.8. The number of ether oxygens (including phenoxy) is 2. The number of anilines is 3. The van der Waals surface area contributed by atoms with E-state index in [9.17, 15) is 9.18 Å². The van der Waals surface area contributed by atoms with Crippen LogP contribution in [0, 0.1) is 0 Å². The lowest BCUT2D eigenvalue weighted by Gasteiger charge is -2.33. The Labute approximate surface area is 215 Å². The molecule has 10 nitrogen and oxygen atoms in total. The van der Waals surface area contributed by atoms with Gasteiger partial charge in [0.15, 0.2) is 0 Å². The minimum atomic E-state index is -1.09. The van der Waals surface area contributed by atoms with Crippen LogP contribution in [0.25, 0.3) is 10.9 Å². The molecule has 1 amide bonds. The zero-order valence-electron chi connectivity index (χ0n) is 21.5. The molecule has 0 spiro atoms. The van der Waals surface area contributed by atoms with Gasteiger partial charge in [0.1, 0.15) is 17.8 Å². The van der Waals surface area contributed by atoms with Crippen molar-refractivity contribution in [2.24, 2.45) is 0 Å². The summed E-state index contributed by atoms with van der Waals surface area (Å²) >= 11 is 0. The van der Waals surface area contributed by atoms with Gasteiger partial charge in [0.05, 0.1) is 23.7 Å². The molecule has 3 aromatic rings. The Hall–Kier alpha value is -3.31. The summed E-state index contributed by atoms with van der Waals surface area (Å²) in [7, 11) is 1.54. The Bertz CT molecular complexity index is 1240. The highest BCUT2D eigenvalue weighted by molar-refractivity contribution is 6.07. The van der Waals surface area contributed by atoms with Crippen LogP contribution in [0.3, 0.4) is 0 Å². The van der Waals surface area contributed by atoms with Crippen molar-refractivity contribution in [2.75, 3.05) is 43.6 Å². The monoisotopic (exact) mass is 511 g/mol. The van der Waals surface area contributed by atoms with Crippen LogP contribution in [0.4, 0.5) is 22.0 Å². The van der Waals surface area contributed by atoms with Crippen LogP contribution in [0.5, 0.6) is 0 Å². The minimum absolute atomic E-state index is 0.0948. The van der Waals surface area contributed by atoms with Crippen molar-refractivity contribution in [3.8, 4) is 0 Å². The number of rotatable bonds is 7. The molecule has 2 aliphatic rings. The molecule has 5 heterocycles. The fraction of sp³-hybridized carbons (Fsp3) is 0.538. The third kappa shape index (κ3) is 5.52. The number of amides is 1. The number of nitrogens with zero attached hydrogens (tertiary/aromatic N) is 5. The molecule has 2 atom stereocenters. The summed E-state index contributed by atoms with van der Waals surface area (Å²) in [4.78, 5) is 28.4. The topological polar surface area (TPSA) is 106 Å². The van der Waals surface area contributed by atoms with E-state index in [2.05, 4.69) is 44.0 Å². The molecule has 3 aromatic heterocycles. The first-order valence-corrected chi connectivity index (χ1v) is 12.8. The summed E-state index contributed by atoms with van der Waals surface area (Å²) < 4.78 is 27.1. The molecule has 198 valence electrons. The number of halogens is 1. The molecule has 0 saturated carbocycles. The van der Waals surface area contributed by atoms with Crippen molar-refractivity contribution in [2.45, 2.75) is 57.5 Å². The average Bonchev–Trinajstić information content (AvgIpc) is 3.29. The van der Waals surface area contributed by atoms with E-state index in [4.69, 9.17) is 9.47 Å². The molecule has 11 heteroatoms. The molecule has 0 aliphatic carbocycles. The van der Waals surface area contributed by atoms with E-state index in [0.29, 0.717) is 49.3 Å². The number of carbonyl (C=O) groups is 1. The smallest absolute Gasteiger partial charge is 0.253 e. The first kappa shape index (κ1) is 25.3. The maximum absolute atomic E-state index is 14.4. The van der Waals surface area contributed by atoms with E-state index in [-0.39, 0.29) is 24.5 Å². The summed E-state index contributed by atoms with van der Waals surface area (Å²) in [6.45, 7) is 6.29. The molecule has 5 rings (SSSR count). The van der Waals surface area contributed by atoms with Crippen LogP contribution in [-0.2, 0) is 9.47 Å². The van der Waals surface area contributed by atoms with E-state index in [1.54, 1.807) is 18.5 Å². The third-order valence-electron chi connectivity index (χ3n) is 7.04. The summed E-state index contributed by atoms with van der Waals surface area (Å²) in [5.74, 6) is 1.51. The van der Waals surface area contributed by atoms with E-state index in [0.717, 1.165) is 23.7 Å². The predicted octanol–water partition coefficient (Wildman–Crippen LogP) is 3.62. The average molecular weight is 512 g/mol. The van der Waals surface area contributed by atoms with Gasteiger partial charge in [-0.3, -0.25) is 4.79 Å². The Morgan fingerprint density at radius 2 is 2.03 bits per heavy atom. The van der Waals surface area contributed by atoms with Gasteiger partial charge in [-0.05, 0) is 39.2 Å². The number of pyridine rings is 1. The van der Waals surface area contributed by atoms with Crippen molar-refractivity contribution in [1.29, 1.82) is 0 Å². The van der Waals surface area contributed by atoms with Gasteiger partial charge in [0.25, 0.3) is 5.91 Å². The molecule has 0 bridgehead atoms. The summed E-state index contributed by atoms with van der Waals surface area (Å²) in [5, 5.41) is 7.18. The maximum atomic E-state index is 14.4. The standard InChI is InChI=1S/C26H34FN7O3/c1-16(2)34-14-19(25(35)30-17-6-10-37-11-7-17)18-13-29-24(12-21(18)34)31-23-4-8-28-26(32-23)33-9-5-22(36-3)20(27)15-33/h4,8,12-14,16-17,20,22H,5-7,9-11,15H2,1-3H3,(H,30,35)(H,28,29,31,32)/t20-,22+/m0/s1. The minimum Gasteiger partial charge on any atom is -0.381 e. The van der Waals surface area contributed by atoms with Crippen LogP contribution < -0.4 is 15.5 Å². The number of piperidine rings is 1. The van der Waals surface area contributed by atoms with E-state index >= 15 is 0 Å². The van der Waals surface area contributed by atoms with Gasteiger partial charge in [0.2, 0.25) is 5.95 Å². The quantitative estimate of drug-likeness (QED) is 0.496. The SMILES string of the molecule is CO[C@@H]1CCN(c2nccc(Nc3cc4c(cn3)c(C(=O)NC3CCOCC3)cn4C(C)C)n2)C[C@@H]1F. The van der Waals surface area contributed by atoms with Crippen molar-refractivity contribution in [1.82, 2.24) is 24.8 Å². The van der Waals surface area contributed by atoms with Crippen LogP contribution in [0.2, 0.25) is 0 Å². The fourth-order valence-corrected chi connectivity index (χ4v) is 4.96. The zero-order valence-corrected chi connectivity index (χ0v) is 21.5. The lowest BCUT2D eigenvalue weighted by atomic mass is 10.1. The highest BCUT2D eigenvalue weighted by atomic mass is 19.1. The number of carbonyl (C=O) groups excluding carboxylic acids is 1. The molecule has 2 N–H and O–H groups in total. The lowest BCUT2D eigenvalue weighted by molar-refractivity contribution is 0.0194. The van der Waals surface area contributed by atoms with E-state index < -0.39 is 12.3 Å². The Morgan fingerprint density at radius 3 is 2.76 bits per heavy atom. The van der Waals surface area contributed by atoms with Gasteiger partial charge in [0, 0.05) is 69.0 Å². The lowest BCUT2D eigenvalue weighted by Crippen LogP contribution is -2.46. The highest BCUT2D eigenvalue weighted by Gasteiger charge is 2.30. The van der Waals surface area contributed by atoms with Crippen LogP contribution in [0.15, 0.2) is 30.7 Å². The number of fused-ring (bicyclic) bond motifs is 1. The van der Waals surface area contributed by atoms with Gasteiger partial charge in [-0.1, -0.05) is 0 Å². The van der Waals surface area contributed by atoms with Crippen molar-refractivity contribution < 1.29 is 18.7 Å². The van der Waals surface area contributed by atoms with E-state index in [1.165, 1.54) is 7.11 Å². The first-order chi connectivity index (χ1) is 17.9. The normalized spacial score (nSPS) is 20.9. The van der Waals surface area contributed by atoms with Gasteiger partial charge >= 0.3 is 0 Å². The second kappa shape index (κ2) is 11.0. The number of methoxy groups -OCH3 is 1. The predicted molar refractivity (Wildman–Crippen MR) is 139 cm³/mol. The Kier molecular flexibility index (Phi) is 7.52. The number of hydrogen-bond acceptors (Lipinski definition) is 8. The second-order valence-electron chi connectivity index (χ2n) is 9.88. The number of alkyl halides is 1. The van der Waals surface area contributed by atoms with Gasteiger partial charge in [-0.25, -0.2) is 14.4 Å². The number of aromatic nitrogens is 4. The van der Waals surface area contributed by atoms with Gasteiger partial charge in [-0.2, -0.15) is 4.98 Å².